The quantitative estimate of drug-likeness (QED) is 0.215. The lowest BCUT2D eigenvalue weighted by molar-refractivity contribution is -0.128. The summed E-state index contributed by atoms with van der Waals surface area (Å²) in [6, 6.07) is 15.4. The summed E-state index contributed by atoms with van der Waals surface area (Å²) in [6.07, 6.45) is 4.00. The normalized spacial score (nSPS) is 17.5. The number of methoxy groups -OCH3 is 1. The Balaban J connectivity index is 1.23. The van der Waals surface area contributed by atoms with Gasteiger partial charge in [-0.2, -0.15) is 10.4 Å². The molecular formula is C35H38FN9O4. The highest BCUT2D eigenvalue weighted by molar-refractivity contribution is 5.99. The van der Waals surface area contributed by atoms with Gasteiger partial charge in [-0.15, -0.1) is 0 Å². The minimum absolute atomic E-state index is 0.0403. The van der Waals surface area contributed by atoms with Gasteiger partial charge in [-0.05, 0) is 57.0 Å². The summed E-state index contributed by atoms with van der Waals surface area (Å²) in [5.74, 6) is 0.134. The Labute approximate surface area is 283 Å². The number of amides is 2. The van der Waals surface area contributed by atoms with Crippen molar-refractivity contribution >= 4 is 28.9 Å². The number of nitrogens with two attached hydrogens (primary N) is 1. The number of anilines is 1. The standard InChI is InChI=1S/C35H38FN9O4/c1-35(2,44-16-14-42(15-17-44)34(47)48-3)19-23(20-37)33(46)43-13-7-8-24(21-43)45-32-29(31(38)39-22-40-32)30(41-45)27-12-11-26(18-28(27)36)49-25-9-5-4-6-10-25/h4-6,9-12,18-19,22,24H,7-8,13-17,21H2,1-3H3,(H2,38,39,40)/b23-19+/t24-/m0/s1. The van der Waals surface area contributed by atoms with Crippen LogP contribution in [0.4, 0.5) is 15.0 Å². The third-order valence-corrected chi connectivity index (χ3v) is 9.10. The smallest absolute Gasteiger partial charge is 0.409 e. The van der Waals surface area contributed by atoms with Gasteiger partial charge in [0, 0.05) is 56.4 Å². The first-order valence-electron chi connectivity index (χ1n) is 16.1. The molecule has 0 aliphatic carbocycles. The van der Waals surface area contributed by atoms with E-state index in [9.17, 15) is 14.9 Å². The van der Waals surface area contributed by atoms with E-state index in [1.165, 1.54) is 19.5 Å². The van der Waals surface area contributed by atoms with Crippen LogP contribution in [0, 0.1) is 17.1 Å². The third-order valence-electron chi connectivity index (χ3n) is 9.10. The molecule has 4 aromatic rings. The molecule has 254 valence electrons. The van der Waals surface area contributed by atoms with Gasteiger partial charge in [0.15, 0.2) is 5.65 Å². The lowest BCUT2D eigenvalue weighted by atomic mass is 9.96. The number of likely N-dealkylation sites (tertiary alicyclic amines) is 1. The lowest BCUT2D eigenvalue weighted by Gasteiger charge is -2.42. The second kappa shape index (κ2) is 13.9. The average molecular weight is 668 g/mol. The molecule has 2 fully saturated rings. The minimum atomic E-state index is -0.620. The van der Waals surface area contributed by atoms with Gasteiger partial charge in [0.05, 0.1) is 18.5 Å². The maximum Gasteiger partial charge on any atom is 0.409 e. The van der Waals surface area contributed by atoms with Crippen LogP contribution in [0.25, 0.3) is 22.3 Å². The molecule has 0 bridgehead atoms. The maximum atomic E-state index is 15.7. The Kier molecular flexibility index (Phi) is 9.46. The number of nitrogens with zero attached hydrogens (tertiary/aromatic N) is 8. The van der Waals surface area contributed by atoms with Crippen LogP contribution < -0.4 is 10.5 Å². The van der Waals surface area contributed by atoms with E-state index in [0.29, 0.717) is 68.1 Å². The summed E-state index contributed by atoms with van der Waals surface area (Å²) in [5.41, 5.74) is 6.65. The number of fused-ring (bicyclic) bond motifs is 1. The molecule has 13 nitrogen and oxygen atoms in total. The van der Waals surface area contributed by atoms with Crippen molar-refractivity contribution in [3.05, 3.63) is 72.3 Å². The van der Waals surface area contributed by atoms with Gasteiger partial charge in [-0.1, -0.05) is 18.2 Å². The summed E-state index contributed by atoms with van der Waals surface area (Å²) < 4.78 is 28.0. The van der Waals surface area contributed by atoms with Crippen LogP contribution in [0.5, 0.6) is 11.5 Å². The van der Waals surface area contributed by atoms with Crippen LogP contribution in [0.15, 0.2) is 66.5 Å². The number of rotatable bonds is 7. The second-order valence-electron chi connectivity index (χ2n) is 12.6. The molecule has 1 atom stereocenters. The first-order chi connectivity index (χ1) is 23.6. The number of aromatic nitrogens is 4. The van der Waals surface area contributed by atoms with Gasteiger partial charge in [0.2, 0.25) is 0 Å². The van der Waals surface area contributed by atoms with Crippen molar-refractivity contribution in [2.75, 3.05) is 52.1 Å². The number of ether oxygens (including phenoxy) is 2. The SMILES string of the molecule is COC(=O)N1CCN(C(C)(C)/C=C(\C#N)C(=O)N2CCC[C@H](n3nc(-c4ccc(Oc5ccccc5)cc4F)c4c(N)ncnc43)C2)CC1. The average Bonchev–Trinajstić information content (AvgIpc) is 3.51. The van der Waals surface area contributed by atoms with E-state index in [1.54, 1.807) is 44.8 Å². The molecule has 6 rings (SSSR count). The molecule has 2 aliphatic heterocycles. The van der Waals surface area contributed by atoms with Crippen molar-refractivity contribution in [2.45, 2.75) is 38.3 Å². The van der Waals surface area contributed by atoms with Gasteiger partial charge in [0.25, 0.3) is 5.91 Å². The molecule has 2 aromatic heterocycles. The van der Waals surface area contributed by atoms with E-state index < -0.39 is 11.4 Å². The monoisotopic (exact) mass is 667 g/mol. The molecule has 0 radical (unpaired) electrons. The number of hydrogen-bond donors (Lipinski definition) is 1. The molecule has 14 heteroatoms. The third kappa shape index (κ3) is 6.88. The van der Waals surface area contributed by atoms with Gasteiger partial charge in [0.1, 0.15) is 46.8 Å². The zero-order valence-corrected chi connectivity index (χ0v) is 27.7. The van der Waals surface area contributed by atoms with Crippen LogP contribution >= 0.6 is 0 Å². The van der Waals surface area contributed by atoms with Crippen LogP contribution in [0.1, 0.15) is 32.7 Å². The predicted octanol–water partition coefficient (Wildman–Crippen LogP) is 4.78. The molecule has 4 heterocycles. The number of para-hydroxylation sites is 1. The van der Waals surface area contributed by atoms with Crippen molar-refractivity contribution in [1.82, 2.24) is 34.4 Å². The van der Waals surface area contributed by atoms with E-state index in [4.69, 9.17) is 20.3 Å². The van der Waals surface area contributed by atoms with Crippen molar-refractivity contribution in [2.24, 2.45) is 0 Å². The minimum Gasteiger partial charge on any atom is -0.457 e. The molecule has 0 saturated carbocycles. The van der Waals surface area contributed by atoms with Crippen LogP contribution in [0.3, 0.4) is 0 Å². The first-order valence-corrected chi connectivity index (χ1v) is 16.1. The Morgan fingerprint density at radius 1 is 1.04 bits per heavy atom. The number of benzene rings is 2. The Bertz CT molecular complexity index is 1930. The number of piperidine rings is 1. The molecular weight excluding hydrogens is 629 g/mol. The van der Waals surface area contributed by atoms with Gasteiger partial charge in [-0.25, -0.2) is 23.8 Å². The topological polar surface area (TPSA) is 156 Å². The van der Waals surface area contributed by atoms with Gasteiger partial charge >= 0.3 is 6.09 Å². The summed E-state index contributed by atoms with van der Waals surface area (Å²) in [4.78, 5) is 39.8. The van der Waals surface area contributed by atoms with Gasteiger partial charge < -0.3 is 25.0 Å². The summed E-state index contributed by atoms with van der Waals surface area (Å²) >= 11 is 0. The lowest BCUT2D eigenvalue weighted by Crippen LogP contribution is -2.55. The second-order valence-corrected chi connectivity index (χ2v) is 12.6. The molecule has 2 N–H and O–H groups in total. The van der Waals surface area contributed by atoms with Crippen LogP contribution in [-0.4, -0.2) is 98.4 Å². The van der Waals surface area contributed by atoms with E-state index in [1.807, 2.05) is 32.0 Å². The number of halogens is 1. The summed E-state index contributed by atoms with van der Waals surface area (Å²) in [5, 5.41) is 15.3. The van der Waals surface area contributed by atoms with Crippen molar-refractivity contribution in [1.29, 1.82) is 5.26 Å². The Morgan fingerprint density at radius 3 is 2.49 bits per heavy atom. The largest absolute Gasteiger partial charge is 0.457 e. The van der Waals surface area contributed by atoms with Crippen LogP contribution in [0.2, 0.25) is 0 Å². The molecule has 0 spiro atoms. The van der Waals surface area contributed by atoms with Crippen molar-refractivity contribution in [3.63, 3.8) is 0 Å². The Hall–Kier alpha value is -5.55. The molecule has 49 heavy (non-hydrogen) atoms. The fraction of sp³-hybridized carbons (Fsp3) is 0.371. The zero-order valence-electron chi connectivity index (χ0n) is 27.7. The maximum absolute atomic E-state index is 15.7. The highest BCUT2D eigenvalue weighted by Gasteiger charge is 2.34. The number of hydrogen-bond acceptors (Lipinski definition) is 10. The predicted molar refractivity (Wildman–Crippen MR) is 180 cm³/mol. The first kappa shape index (κ1) is 33.4. The van der Waals surface area contributed by atoms with Crippen molar-refractivity contribution < 1.29 is 23.5 Å². The summed E-state index contributed by atoms with van der Waals surface area (Å²) in [7, 11) is 1.36. The van der Waals surface area contributed by atoms with Gasteiger partial charge in [-0.3, -0.25) is 9.69 Å². The molecule has 0 unspecified atom stereocenters. The van der Waals surface area contributed by atoms with Crippen molar-refractivity contribution in [3.8, 4) is 28.8 Å². The molecule has 2 aliphatic rings. The number of carbonyl (C=O) groups is 2. The molecule has 2 aromatic carbocycles. The fourth-order valence-corrected chi connectivity index (χ4v) is 6.50. The van der Waals surface area contributed by atoms with E-state index >= 15 is 4.39 Å². The van der Waals surface area contributed by atoms with Crippen LogP contribution in [-0.2, 0) is 9.53 Å². The number of carbonyl (C=O) groups excluding carboxylic acids is 2. The zero-order chi connectivity index (χ0) is 34.7. The Morgan fingerprint density at radius 2 is 1.80 bits per heavy atom. The van der Waals surface area contributed by atoms with E-state index in [-0.39, 0.29) is 47.2 Å². The number of nitrogen functional groups attached to an aromatic ring is 1. The van der Waals surface area contributed by atoms with E-state index in [2.05, 4.69) is 20.9 Å². The van der Waals surface area contributed by atoms with E-state index in [0.717, 1.165) is 0 Å². The fourth-order valence-electron chi connectivity index (χ4n) is 6.50. The molecule has 2 amide bonds. The molecule has 2 saturated heterocycles. The highest BCUT2D eigenvalue weighted by atomic mass is 19.1. The summed E-state index contributed by atoms with van der Waals surface area (Å²) in [6.45, 7) is 6.74. The number of piperazine rings is 1. The highest BCUT2D eigenvalue weighted by Crippen LogP contribution is 2.36. The number of nitriles is 1.